The predicted octanol–water partition coefficient (Wildman–Crippen LogP) is 4.42. The van der Waals surface area contributed by atoms with E-state index in [1.165, 1.54) is 14.0 Å². The van der Waals surface area contributed by atoms with Gasteiger partial charge in [0.05, 0.1) is 7.11 Å². The van der Waals surface area contributed by atoms with Crippen molar-refractivity contribution in [1.82, 2.24) is 0 Å². The maximum atomic E-state index is 12.6. The largest absolute Gasteiger partial charge is 0.496 e. The molecule has 154 valence electrons. The average Bonchev–Trinajstić information content (AvgIpc) is 2.67. The number of benzene rings is 2. The summed E-state index contributed by atoms with van der Waals surface area (Å²) in [5.41, 5.74) is 1.61. The van der Waals surface area contributed by atoms with E-state index >= 15 is 0 Å². The Morgan fingerprint density at radius 3 is 2.17 bits per heavy atom. The zero-order valence-corrected chi connectivity index (χ0v) is 17.7. The molecule has 0 bridgehead atoms. The topological polar surface area (TPSA) is 81.7 Å². The average molecular weight is 397 g/mol. The van der Waals surface area contributed by atoms with Gasteiger partial charge in [-0.15, -0.1) is 0 Å². The SMILES string of the molecule is COc1ccc(C)cc1C(=O)O[C@@H](C)C(=O)c1ccc(NC(=O)C(C)(C)C)cc1. The van der Waals surface area contributed by atoms with Crippen LogP contribution < -0.4 is 10.1 Å². The highest BCUT2D eigenvalue weighted by atomic mass is 16.5. The second kappa shape index (κ2) is 8.90. The molecule has 0 radical (unpaired) electrons. The molecule has 0 aromatic heterocycles. The summed E-state index contributed by atoms with van der Waals surface area (Å²) in [6.45, 7) is 8.83. The van der Waals surface area contributed by atoms with Crippen LogP contribution in [0, 0.1) is 12.3 Å². The minimum atomic E-state index is -0.970. The molecule has 2 rings (SSSR count). The minimum absolute atomic E-state index is 0.119. The molecular weight excluding hydrogens is 370 g/mol. The molecular formula is C23H27NO5. The van der Waals surface area contributed by atoms with Crippen molar-refractivity contribution < 1.29 is 23.9 Å². The van der Waals surface area contributed by atoms with Gasteiger partial charge in [0.15, 0.2) is 6.10 Å². The quantitative estimate of drug-likeness (QED) is 0.576. The summed E-state index contributed by atoms with van der Waals surface area (Å²) in [6.07, 6.45) is -0.970. The Balaban J connectivity index is 2.07. The highest BCUT2D eigenvalue weighted by molar-refractivity contribution is 6.02. The molecule has 29 heavy (non-hydrogen) atoms. The first-order chi connectivity index (χ1) is 13.5. The van der Waals surface area contributed by atoms with Crippen molar-refractivity contribution in [2.24, 2.45) is 5.41 Å². The number of rotatable bonds is 6. The molecule has 0 aliphatic carbocycles. The summed E-state index contributed by atoms with van der Waals surface area (Å²) < 4.78 is 10.5. The number of amides is 1. The van der Waals surface area contributed by atoms with Gasteiger partial charge in [0, 0.05) is 16.7 Å². The zero-order chi connectivity index (χ0) is 21.8. The fraction of sp³-hybridized carbons (Fsp3) is 0.348. The molecule has 2 aromatic rings. The fourth-order valence-corrected chi connectivity index (χ4v) is 2.53. The third kappa shape index (κ3) is 5.67. The molecule has 1 N–H and O–H groups in total. The van der Waals surface area contributed by atoms with Gasteiger partial charge < -0.3 is 14.8 Å². The lowest BCUT2D eigenvalue weighted by atomic mass is 9.95. The van der Waals surface area contributed by atoms with E-state index in [2.05, 4.69) is 5.32 Å². The van der Waals surface area contributed by atoms with Crippen LogP contribution in [0.3, 0.4) is 0 Å². The van der Waals surface area contributed by atoms with Crippen LogP contribution in [-0.4, -0.2) is 30.9 Å². The first-order valence-corrected chi connectivity index (χ1v) is 9.34. The number of hydrogen-bond acceptors (Lipinski definition) is 5. The van der Waals surface area contributed by atoms with Gasteiger partial charge in [-0.05, 0) is 50.2 Å². The molecule has 6 heteroatoms. The maximum Gasteiger partial charge on any atom is 0.342 e. The molecule has 2 aromatic carbocycles. The maximum absolute atomic E-state index is 12.6. The Bertz CT molecular complexity index is 910. The molecule has 0 saturated carbocycles. The number of hydrogen-bond donors (Lipinski definition) is 1. The Hall–Kier alpha value is -3.15. The Kier molecular flexibility index (Phi) is 6.80. The van der Waals surface area contributed by atoms with Gasteiger partial charge in [0.2, 0.25) is 11.7 Å². The number of aryl methyl sites for hydroxylation is 1. The number of anilines is 1. The Morgan fingerprint density at radius 1 is 1.00 bits per heavy atom. The molecule has 0 unspecified atom stereocenters. The third-order valence-electron chi connectivity index (χ3n) is 4.34. The van der Waals surface area contributed by atoms with E-state index in [1.54, 1.807) is 36.4 Å². The number of ether oxygens (including phenoxy) is 2. The Labute approximate surface area is 171 Å². The second-order valence-corrected chi connectivity index (χ2v) is 7.90. The third-order valence-corrected chi connectivity index (χ3v) is 4.34. The van der Waals surface area contributed by atoms with Gasteiger partial charge in [-0.2, -0.15) is 0 Å². The lowest BCUT2D eigenvalue weighted by Crippen LogP contribution is -2.27. The molecule has 0 saturated heterocycles. The first-order valence-electron chi connectivity index (χ1n) is 9.34. The summed E-state index contributed by atoms with van der Waals surface area (Å²) in [4.78, 5) is 37.2. The van der Waals surface area contributed by atoms with Crippen LogP contribution in [0.25, 0.3) is 0 Å². The smallest absolute Gasteiger partial charge is 0.342 e. The number of esters is 1. The van der Waals surface area contributed by atoms with Crippen molar-refractivity contribution in [3.8, 4) is 5.75 Å². The van der Waals surface area contributed by atoms with Crippen LogP contribution in [-0.2, 0) is 9.53 Å². The van der Waals surface area contributed by atoms with E-state index < -0.39 is 17.5 Å². The normalized spacial score (nSPS) is 12.1. The standard InChI is InChI=1S/C23H27NO5/c1-14-7-12-19(28-6)18(13-14)21(26)29-15(2)20(25)16-8-10-17(11-9-16)24-22(27)23(3,4)5/h7-13,15H,1-6H3,(H,24,27)/t15-/m0/s1. The van der Waals surface area contributed by atoms with Crippen LogP contribution in [0.2, 0.25) is 0 Å². The highest BCUT2D eigenvalue weighted by Gasteiger charge is 2.24. The van der Waals surface area contributed by atoms with Gasteiger partial charge in [-0.25, -0.2) is 4.79 Å². The second-order valence-electron chi connectivity index (χ2n) is 7.90. The lowest BCUT2D eigenvalue weighted by molar-refractivity contribution is -0.123. The van der Waals surface area contributed by atoms with E-state index in [0.717, 1.165) is 5.56 Å². The van der Waals surface area contributed by atoms with E-state index in [4.69, 9.17) is 9.47 Å². The number of carbonyl (C=O) groups excluding carboxylic acids is 3. The molecule has 0 aliphatic heterocycles. The van der Waals surface area contributed by atoms with Crippen molar-refractivity contribution in [3.05, 3.63) is 59.2 Å². The van der Waals surface area contributed by atoms with Crippen molar-refractivity contribution in [1.29, 1.82) is 0 Å². The minimum Gasteiger partial charge on any atom is -0.496 e. The summed E-state index contributed by atoms with van der Waals surface area (Å²) >= 11 is 0. The van der Waals surface area contributed by atoms with Crippen LogP contribution in [0.4, 0.5) is 5.69 Å². The van der Waals surface area contributed by atoms with Crippen LogP contribution in [0.5, 0.6) is 5.75 Å². The Morgan fingerprint density at radius 2 is 1.62 bits per heavy atom. The first kappa shape index (κ1) is 22.1. The predicted molar refractivity (Wildman–Crippen MR) is 111 cm³/mol. The lowest BCUT2D eigenvalue weighted by Gasteiger charge is -2.18. The van der Waals surface area contributed by atoms with Gasteiger partial charge in [-0.1, -0.05) is 32.4 Å². The fourth-order valence-electron chi connectivity index (χ4n) is 2.53. The zero-order valence-electron chi connectivity index (χ0n) is 17.7. The van der Waals surface area contributed by atoms with Gasteiger partial charge in [0.25, 0.3) is 0 Å². The summed E-state index contributed by atoms with van der Waals surface area (Å²) in [5, 5.41) is 2.80. The van der Waals surface area contributed by atoms with Crippen molar-refractivity contribution in [3.63, 3.8) is 0 Å². The van der Waals surface area contributed by atoms with E-state index in [0.29, 0.717) is 17.0 Å². The number of methoxy groups -OCH3 is 1. The molecule has 0 aliphatic rings. The molecule has 1 amide bonds. The van der Waals surface area contributed by atoms with E-state index in [9.17, 15) is 14.4 Å². The molecule has 0 heterocycles. The van der Waals surface area contributed by atoms with Crippen LogP contribution in [0.1, 0.15) is 54.0 Å². The molecule has 6 nitrogen and oxygen atoms in total. The summed E-state index contributed by atoms with van der Waals surface area (Å²) in [6, 6.07) is 11.7. The van der Waals surface area contributed by atoms with Crippen LogP contribution in [0.15, 0.2) is 42.5 Å². The highest BCUT2D eigenvalue weighted by Crippen LogP contribution is 2.22. The van der Waals surface area contributed by atoms with Crippen molar-refractivity contribution in [2.75, 3.05) is 12.4 Å². The number of ketones is 1. The number of carbonyl (C=O) groups is 3. The van der Waals surface area contributed by atoms with Crippen molar-refractivity contribution >= 4 is 23.3 Å². The monoisotopic (exact) mass is 397 g/mol. The van der Waals surface area contributed by atoms with Gasteiger partial charge >= 0.3 is 5.97 Å². The molecule has 0 fully saturated rings. The van der Waals surface area contributed by atoms with Crippen molar-refractivity contribution in [2.45, 2.75) is 40.7 Å². The number of Topliss-reactive ketones (excluding diaryl/α,β-unsaturated/α-hetero) is 1. The number of nitrogens with one attached hydrogen (secondary N) is 1. The summed E-state index contributed by atoms with van der Waals surface area (Å²) in [7, 11) is 1.47. The molecule has 0 spiro atoms. The van der Waals surface area contributed by atoms with E-state index in [1.807, 2.05) is 33.8 Å². The van der Waals surface area contributed by atoms with E-state index in [-0.39, 0.29) is 17.3 Å². The van der Waals surface area contributed by atoms with Gasteiger partial charge in [0.1, 0.15) is 11.3 Å². The molecule has 1 atom stereocenters. The van der Waals surface area contributed by atoms with Gasteiger partial charge in [-0.3, -0.25) is 9.59 Å². The van der Waals surface area contributed by atoms with Crippen LogP contribution >= 0.6 is 0 Å². The summed E-state index contributed by atoms with van der Waals surface area (Å²) in [5.74, 6) is -0.690.